The van der Waals surface area contributed by atoms with Crippen LogP contribution in [-0.4, -0.2) is 22.5 Å². The second-order valence-electron chi connectivity index (χ2n) is 3.57. The molecular formula is C11H14N2O4. The van der Waals surface area contributed by atoms with Crippen molar-refractivity contribution in [3.8, 4) is 5.75 Å². The first kappa shape index (κ1) is 13.0. The molecule has 1 aromatic rings. The normalized spacial score (nSPS) is 9.94. The van der Waals surface area contributed by atoms with Gasteiger partial charge >= 0.3 is 0 Å². The molecule has 1 amide bonds. The van der Waals surface area contributed by atoms with Crippen LogP contribution in [0.5, 0.6) is 5.75 Å². The Labute approximate surface area is 98.4 Å². The zero-order valence-electron chi connectivity index (χ0n) is 9.47. The number of carbonyl (C=O) groups excluding carboxylic acids is 1. The Bertz CT molecular complexity index is 431. The first-order valence-electron chi connectivity index (χ1n) is 5.32. The van der Waals surface area contributed by atoms with Gasteiger partial charge in [0.2, 0.25) is 0 Å². The van der Waals surface area contributed by atoms with Gasteiger partial charge in [0.25, 0.3) is 11.6 Å². The number of unbranched alkanes of at least 4 members (excludes halogenated alkanes) is 1. The number of nitro groups is 1. The lowest BCUT2D eigenvalue weighted by molar-refractivity contribution is -0.384. The molecule has 0 unspecified atom stereocenters. The fraction of sp³-hybridized carbons (Fsp3) is 0.364. The van der Waals surface area contributed by atoms with Gasteiger partial charge in [0.15, 0.2) is 0 Å². The van der Waals surface area contributed by atoms with Crippen molar-refractivity contribution in [2.45, 2.75) is 19.8 Å². The monoisotopic (exact) mass is 238 g/mol. The molecule has 1 rings (SSSR count). The maximum atomic E-state index is 11.6. The van der Waals surface area contributed by atoms with Crippen molar-refractivity contribution >= 4 is 11.6 Å². The molecule has 1 aromatic carbocycles. The molecule has 6 heteroatoms. The van der Waals surface area contributed by atoms with Gasteiger partial charge in [0, 0.05) is 18.7 Å². The molecule has 0 aliphatic heterocycles. The summed E-state index contributed by atoms with van der Waals surface area (Å²) in [4.78, 5) is 21.6. The number of phenolic OH excluding ortho intramolecular Hbond substituents is 1. The number of phenols is 1. The Hall–Kier alpha value is -2.11. The summed E-state index contributed by atoms with van der Waals surface area (Å²) in [5.74, 6) is -0.760. The van der Waals surface area contributed by atoms with Gasteiger partial charge in [0.05, 0.1) is 10.5 Å². The molecule has 0 saturated heterocycles. The lowest BCUT2D eigenvalue weighted by Gasteiger charge is -2.05. The first-order chi connectivity index (χ1) is 8.06. The fourth-order valence-electron chi connectivity index (χ4n) is 1.29. The number of nitrogens with one attached hydrogen (secondary N) is 1. The first-order valence-corrected chi connectivity index (χ1v) is 5.32. The lowest BCUT2D eigenvalue weighted by Crippen LogP contribution is -2.24. The summed E-state index contributed by atoms with van der Waals surface area (Å²) >= 11 is 0. The van der Waals surface area contributed by atoms with Crippen molar-refractivity contribution < 1.29 is 14.8 Å². The van der Waals surface area contributed by atoms with E-state index < -0.39 is 10.8 Å². The smallest absolute Gasteiger partial charge is 0.270 e. The molecule has 0 radical (unpaired) electrons. The average molecular weight is 238 g/mol. The van der Waals surface area contributed by atoms with E-state index in [9.17, 15) is 20.0 Å². The highest BCUT2D eigenvalue weighted by Crippen LogP contribution is 2.22. The minimum absolute atomic E-state index is 0.0738. The number of rotatable bonds is 5. The lowest BCUT2D eigenvalue weighted by atomic mass is 10.1. The Balaban J connectivity index is 2.84. The van der Waals surface area contributed by atoms with Crippen LogP contribution in [0, 0.1) is 10.1 Å². The average Bonchev–Trinajstić information content (AvgIpc) is 2.29. The quantitative estimate of drug-likeness (QED) is 0.465. The molecule has 0 atom stereocenters. The zero-order valence-corrected chi connectivity index (χ0v) is 9.47. The van der Waals surface area contributed by atoms with Crippen molar-refractivity contribution in [1.29, 1.82) is 0 Å². The van der Waals surface area contributed by atoms with Crippen molar-refractivity contribution in [2.24, 2.45) is 0 Å². The molecule has 17 heavy (non-hydrogen) atoms. The van der Waals surface area contributed by atoms with Gasteiger partial charge in [-0.2, -0.15) is 0 Å². The third-order valence-corrected chi connectivity index (χ3v) is 2.25. The molecule has 2 N–H and O–H groups in total. The highest BCUT2D eigenvalue weighted by Gasteiger charge is 2.15. The van der Waals surface area contributed by atoms with E-state index in [2.05, 4.69) is 5.32 Å². The number of nitro benzene ring substituents is 1. The standard InChI is InChI=1S/C11H14N2O4/c1-2-3-6-12-11(15)9-7-8(13(16)17)4-5-10(9)14/h4-5,7,14H,2-3,6H2,1H3,(H,12,15). The topological polar surface area (TPSA) is 92.5 Å². The number of benzene rings is 1. The van der Waals surface area contributed by atoms with E-state index in [1.807, 2.05) is 6.92 Å². The van der Waals surface area contributed by atoms with E-state index in [1.54, 1.807) is 0 Å². The highest BCUT2D eigenvalue weighted by atomic mass is 16.6. The number of nitrogens with zero attached hydrogens (tertiary/aromatic N) is 1. The Morgan fingerprint density at radius 1 is 1.53 bits per heavy atom. The van der Waals surface area contributed by atoms with Crippen molar-refractivity contribution in [3.63, 3.8) is 0 Å². The second-order valence-corrected chi connectivity index (χ2v) is 3.57. The van der Waals surface area contributed by atoms with E-state index >= 15 is 0 Å². The van der Waals surface area contributed by atoms with Crippen LogP contribution in [0.2, 0.25) is 0 Å². The van der Waals surface area contributed by atoms with Crippen LogP contribution in [0.4, 0.5) is 5.69 Å². The highest BCUT2D eigenvalue weighted by molar-refractivity contribution is 5.97. The Morgan fingerprint density at radius 2 is 2.24 bits per heavy atom. The summed E-state index contributed by atoms with van der Waals surface area (Å²) in [5.41, 5.74) is -0.293. The van der Waals surface area contributed by atoms with Gasteiger partial charge in [0.1, 0.15) is 5.75 Å². The zero-order chi connectivity index (χ0) is 12.8. The number of hydrogen-bond acceptors (Lipinski definition) is 4. The summed E-state index contributed by atoms with van der Waals surface area (Å²) in [6, 6.07) is 3.36. The summed E-state index contributed by atoms with van der Waals surface area (Å²) in [5, 5.41) is 22.6. The predicted molar refractivity (Wildman–Crippen MR) is 62.0 cm³/mol. The molecule has 0 heterocycles. The molecule has 0 spiro atoms. The van der Waals surface area contributed by atoms with E-state index in [4.69, 9.17) is 0 Å². The van der Waals surface area contributed by atoms with Gasteiger partial charge in [-0.15, -0.1) is 0 Å². The minimum atomic E-state index is -0.609. The maximum absolute atomic E-state index is 11.6. The SMILES string of the molecule is CCCCNC(=O)c1cc([N+](=O)[O-])ccc1O. The van der Waals surface area contributed by atoms with E-state index in [0.717, 1.165) is 31.0 Å². The van der Waals surface area contributed by atoms with Gasteiger partial charge in [-0.3, -0.25) is 14.9 Å². The Morgan fingerprint density at radius 3 is 2.82 bits per heavy atom. The van der Waals surface area contributed by atoms with Crippen molar-refractivity contribution in [3.05, 3.63) is 33.9 Å². The molecule has 0 aliphatic carbocycles. The molecule has 0 aromatic heterocycles. The van der Waals surface area contributed by atoms with E-state index in [0.29, 0.717) is 6.54 Å². The summed E-state index contributed by atoms with van der Waals surface area (Å²) in [6.07, 6.45) is 1.75. The third kappa shape index (κ3) is 3.44. The molecule has 0 bridgehead atoms. The summed E-state index contributed by atoms with van der Waals surface area (Å²) in [6.45, 7) is 2.47. The molecule has 0 aliphatic rings. The number of hydrogen-bond donors (Lipinski definition) is 2. The van der Waals surface area contributed by atoms with Crippen LogP contribution in [0.3, 0.4) is 0 Å². The number of amides is 1. The molecular weight excluding hydrogens is 224 g/mol. The summed E-state index contributed by atoms with van der Waals surface area (Å²) < 4.78 is 0. The van der Waals surface area contributed by atoms with Crippen LogP contribution in [0.1, 0.15) is 30.1 Å². The van der Waals surface area contributed by atoms with Gasteiger partial charge in [-0.05, 0) is 12.5 Å². The predicted octanol–water partition coefficient (Wildman–Crippen LogP) is 1.83. The van der Waals surface area contributed by atoms with Crippen LogP contribution < -0.4 is 5.32 Å². The number of aromatic hydroxyl groups is 1. The Kier molecular flexibility index (Phi) is 4.45. The van der Waals surface area contributed by atoms with Crippen molar-refractivity contribution in [1.82, 2.24) is 5.32 Å². The van der Waals surface area contributed by atoms with Crippen LogP contribution >= 0.6 is 0 Å². The van der Waals surface area contributed by atoms with Gasteiger partial charge < -0.3 is 10.4 Å². The fourth-order valence-corrected chi connectivity index (χ4v) is 1.29. The van der Waals surface area contributed by atoms with Crippen LogP contribution in [0.25, 0.3) is 0 Å². The molecule has 0 fully saturated rings. The second kappa shape index (κ2) is 5.83. The van der Waals surface area contributed by atoms with Gasteiger partial charge in [-0.1, -0.05) is 13.3 Å². The third-order valence-electron chi connectivity index (χ3n) is 2.25. The minimum Gasteiger partial charge on any atom is -0.507 e. The number of carbonyl (C=O) groups is 1. The largest absolute Gasteiger partial charge is 0.507 e. The van der Waals surface area contributed by atoms with Gasteiger partial charge in [-0.25, -0.2) is 0 Å². The van der Waals surface area contributed by atoms with E-state index in [-0.39, 0.29) is 17.0 Å². The summed E-state index contributed by atoms with van der Waals surface area (Å²) in [7, 11) is 0. The van der Waals surface area contributed by atoms with Crippen molar-refractivity contribution in [2.75, 3.05) is 6.54 Å². The molecule has 92 valence electrons. The number of non-ortho nitro benzene ring substituents is 1. The van der Waals surface area contributed by atoms with E-state index in [1.165, 1.54) is 0 Å². The maximum Gasteiger partial charge on any atom is 0.270 e. The van der Waals surface area contributed by atoms with Crippen LogP contribution in [0.15, 0.2) is 18.2 Å². The molecule has 6 nitrogen and oxygen atoms in total. The molecule has 0 saturated carbocycles. The van der Waals surface area contributed by atoms with Crippen LogP contribution in [-0.2, 0) is 0 Å².